The summed E-state index contributed by atoms with van der Waals surface area (Å²) in [4.78, 5) is 0.682. The van der Waals surface area contributed by atoms with Gasteiger partial charge in [-0.05, 0) is 44.0 Å². The molecule has 2 atom stereocenters. The summed E-state index contributed by atoms with van der Waals surface area (Å²) in [6, 6.07) is 5.95. The van der Waals surface area contributed by atoms with Gasteiger partial charge < -0.3 is 5.73 Å². The van der Waals surface area contributed by atoms with Crippen LogP contribution in [0.1, 0.15) is 19.8 Å². The van der Waals surface area contributed by atoms with Crippen LogP contribution >= 0.6 is 0 Å². The van der Waals surface area contributed by atoms with E-state index < -0.39 is 10.8 Å². The fourth-order valence-electron chi connectivity index (χ4n) is 1.24. The summed E-state index contributed by atoms with van der Waals surface area (Å²) in [5.41, 5.74) is 5.59. The topological polar surface area (TPSA) is 43.1 Å². The maximum Gasteiger partial charge on any atom is 0.123 e. The van der Waals surface area contributed by atoms with Crippen molar-refractivity contribution in [1.29, 1.82) is 0 Å². The summed E-state index contributed by atoms with van der Waals surface area (Å²) in [5.74, 6) is 0.291. The molecule has 0 aliphatic heterocycles. The van der Waals surface area contributed by atoms with Crippen molar-refractivity contribution in [3.63, 3.8) is 0 Å². The molecule has 0 aliphatic rings. The molecule has 0 radical (unpaired) electrons. The Bertz CT molecular complexity index is 324. The molecule has 0 saturated heterocycles. The van der Waals surface area contributed by atoms with Crippen molar-refractivity contribution in [3.8, 4) is 0 Å². The summed E-state index contributed by atoms with van der Waals surface area (Å²) in [7, 11) is -1.03. The Morgan fingerprint density at radius 2 is 2.00 bits per heavy atom. The van der Waals surface area contributed by atoms with Gasteiger partial charge in [-0.15, -0.1) is 0 Å². The molecule has 4 heteroatoms. The quantitative estimate of drug-likeness (QED) is 0.839. The highest BCUT2D eigenvalue weighted by molar-refractivity contribution is 7.85. The van der Waals surface area contributed by atoms with Crippen LogP contribution in [-0.2, 0) is 10.8 Å². The Morgan fingerprint density at radius 3 is 2.53 bits per heavy atom. The second-order valence-electron chi connectivity index (χ2n) is 3.62. The van der Waals surface area contributed by atoms with E-state index in [4.69, 9.17) is 5.73 Å². The van der Waals surface area contributed by atoms with E-state index in [0.717, 1.165) is 12.8 Å². The largest absolute Gasteiger partial charge is 0.328 e. The van der Waals surface area contributed by atoms with E-state index in [-0.39, 0.29) is 11.9 Å². The van der Waals surface area contributed by atoms with Gasteiger partial charge in [-0.1, -0.05) is 0 Å². The fourth-order valence-corrected chi connectivity index (χ4v) is 2.34. The van der Waals surface area contributed by atoms with Gasteiger partial charge in [0.1, 0.15) is 5.82 Å². The van der Waals surface area contributed by atoms with Gasteiger partial charge in [0.15, 0.2) is 0 Å². The second kappa shape index (κ2) is 5.98. The first-order valence-corrected chi connectivity index (χ1v) is 6.31. The smallest absolute Gasteiger partial charge is 0.123 e. The van der Waals surface area contributed by atoms with Gasteiger partial charge >= 0.3 is 0 Å². The highest BCUT2D eigenvalue weighted by Gasteiger charge is 2.04. The zero-order valence-electron chi connectivity index (χ0n) is 8.78. The summed E-state index contributed by atoms with van der Waals surface area (Å²) < 4.78 is 24.3. The molecular weight excluding hydrogens is 213 g/mol. The standard InChI is InChI=1S/C11H16FNOS/c1-9(13)3-2-8-15(14)11-6-4-10(12)5-7-11/h4-7,9H,2-3,8,13H2,1H3. The molecule has 1 rings (SSSR count). The molecule has 1 aromatic carbocycles. The van der Waals surface area contributed by atoms with E-state index in [0.29, 0.717) is 10.6 Å². The van der Waals surface area contributed by atoms with Crippen LogP contribution in [0.2, 0.25) is 0 Å². The zero-order chi connectivity index (χ0) is 11.3. The van der Waals surface area contributed by atoms with Crippen molar-refractivity contribution in [3.05, 3.63) is 30.1 Å². The van der Waals surface area contributed by atoms with E-state index >= 15 is 0 Å². The van der Waals surface area contributed by atoms with Crippen LogP contribution < -0.4 is 5.73 Å². The second-order valence-corrected chi connectivity index (χ2v) is 5.19. The minimum atomic E-state index is -1.03. The van der Waals surface area contributed by atoms with Crippen LogP contribution in [0.5, 0.6) is 0 Å². The number of halogens is 1. The highest BCUT2D eigenvalue weighted by Crippen LogP contribution is 2.09. The van der Waals surface area contributed by atoms with Crippen LogP contribution in [0, 0.1) is 5.82 Å². The van der Waals surface area contributed by atoms with Crippen molar-refractivity contribution >= 4 is 10.8 Å². The molecule has 84 valence electrons. The maximum atomic E-state index is 12.6. The molecule has 1 aromatic rings. The SMILES string of the molecule is CC(N)CCCS(=O)c1ccc(F)cc1. The monoisotopic (exact) mass is 229 g/mol. The lowest BCUT2D eigenvalue weighted by atomic mass is 10.2. The lowest BCUT2D eigenvalue weighted by molar-refractivity contribution is 0.625. The first kappa shape index (κ1) is 12.3. The Hall–Kier alpha value is -0.740. The van der Waals surface area contributed by atoms with Crippen LogP contribution in [0.4, 0.5) is 4.39 Å². The van der Waals surface area contributed by atoms with Crippen molar-refractivity contribution in [2.24, 2.45) is 5.73 Å². The Balaban J connectivity index is 2.43. The van der Waals surface area contributed by atoms with Gasteiger partial charge in [-0.3, -0.25) is 4.21 Å². The molecule has 0 heterocycles. The molecule has 0 spiro atoms. The van der Waals surface area contributed by atoms with E-state index in [1.54, 1.807) is 12.1 Å². The summed E-state index contributed by atoms with van der Waals surface area (Å²) in [6.45, 7) is 1.93. The van der Waals surface area contributed by atoms with Gasteiger partial charge in [-0.2, -0.15) is 0 Å². The molecule has 2 unspecified atom stereocenters. The number of hydrogen-bond donors (Lipinski definition) is 1. The lowest BCUT2D eigenvalue weighted by Crippen LogP contribution is -2.15. The normalized spacial score (nSPS) is 14.9. The van der Waals surface area contributed by atoms with Crippen molar-refractivity contribution in [2.75, 3.05) is 5.75 Å². The molecule has 0 amide bonds. The maximum absolute atomic E-state index is 12.6. The number of rotatable bonds is 5. The fraction of sp³-hybridized carbons (Fsp3) is 0.455. The predicted molar refractivity (Wildman–Crippen MR) is 60.6 cm³/mol. The van der Waals surface area contributed by atoms with Crippen LogP contribution in [0.15, 0.2) is 29.2 Å². The number of nitrogens with two attached hydrogens (primary N) is 1. The Kier molecular flexibility index (Phi) is 4.91. The third kappa shape index (κ3) is 4.53. The minimum Gasteiger partial charge on any atom is -0.328 e. The van der Waals surface area contributed by atoms with Gasteiger partial charge in [0.25, 0.3) is 0 Å². The van der Waals surface area contributed by atoms with Crippen LogP contribution in [0.25, 0.3) is 0 Å². The molecular formula is C11H16FNOS. The molecule has 0 bridgehead atoms. The molecule has 15 heavy (non-hydrogen) atoms. The number of hydrogen-bond acceptors (Lipinski definition) is 2. The minimum absolute atomic E-state index is 0.148. The molecule has 2 nitrogen and oxygen atoms in total. The van der Waals surface area contributed by atoms with Gasteiger partial charge in [0.05, 0.1) is 10.8 Å². The van der Waals surface area contributed by atoms with Crippen molar-refractivity contribution < 1.29 is 8.60 Å². The van der Waals surface area contributed by atoms with E-state index in [1.165, 1.54) is 12.1 Å². The van der Waals surface area contributed by atoms with Gasteiger partial charge in [0, 0.05) is 16.7 Å². The van der Waals surface area contributed by atoms with Gasteiger partial charge in [-0.25, -0.2) is 4.39 Å². The van der Waals surface area contributed by atoms with Crippen LogP contribution in [0.3, 0.4) is 0 Å². The van der Waals surface area contributed by atoms with Crippen LogP contribution in [-0.4, -0.2) is 16.0 Å². The molecule has 0 aromatic heterocycles. The average Bonchev–Trinajstić information content (AvgIpc) is 2.18. The highest BCUT2D eigenvalue weighted by atomic mass is 32.2. The third-order valence-electron chi connectivity index (χ3n) is 2.07. The van der Waals surface area contributed by atoms with Crippen molar-refractivity contribution in [1.82, 2.24) is 0 Å². The van der Waals surface area contributed by atoms with Crippen molar-refractivity contribution in [2.45, 2.75) is 30.7 Å². The Labute approximate surface area is 92.1 Å². The number of benzene rings is 1. The molecule has 0 aliphatic carbocycles. The Morgan fingerprint density at radius 1 is 1.40 bits per heavy atom. The van der Waals surface area contributed by atoms with E-state index in [2.05, 4.69) is 0 Å². The lowest BCUT2D eigenvalue weighted by Gasteiger charge is -2.04. The van der Waals surface area contributed by atoms with Gasteiger partial charge in [0.2, 0.25) is 0 Å². The average molecular weight is 229 g/mol. The summed E-state index contributed by atoms with van der Waals surface area (Å²) in [6.07, 6.45) is 1.70. The third-order valence-corrected chi connectivity index (χ3v) is 3.52. The van der Waals surface area contributed by atoms with E-state index in [1.807, 2.05) is 6.92 Å². The summed E-state index contributed by atoms with van der Waals surface area (Å²) >= 11 is 0. The molecule has 0 fully saturated rings. The predicted octanol–water partition coefficient (Wildman–Crippen LogP) is 2.06. The molecule has 2 N–H and O–H groups in total. The zero-order valence-corrected chi connectivity index (χ0v) is 9.60. The first-order valence-electron chi connectivity index (χ1n) is 4.99. The van der Waals surface area contributed by atoms with E-state index in [9.17, 15) is 8.60 Å². The first-order chi connectivity index (χ1) is 7.09. The summed E-state index contributed by atoms with van der Waals surface area (Å²) in [5, 5.41) is 0. The molecule has 0 saturated carbocycles.